The van der Waals surface area contributed by atoms with E-state index in [4.69, 9.17) is 4.42 Å². The molecule has 0 fully saturated rings. The van der Waals surface area contributed by atoms with Crippen molar-refractivity contribution in [3.8, 4) is 0 Å². The van der Waals surface area contributed by atoms with Crippen molar-refractivity contribution in [2.75, 3.05) is 6.54 Å². The van der Waals surface area contributed by atoms with Crippen LogP contribution in [0.3, 0.4) is 0 Å². The van der Waals surface area contributed by atoms with Gasteiger partial charge in [-0.1, -0.05) is 59.2 Å². The summed E-state index contributed by atoms with van der Waals surface area (Å²) in [5.74, 6) is 1.12. The van der Waals surface area contributed by atoms with Gasteiger partial charge in [0.05, 0.1) is 6.54 Å². The van der Waals surface area contributed by atoms with Crippen LogP contribution in [0.25, 0.3) is 11.0 Å². The quantitative estimate of drug-likeness (QED) is 0.740. The van der Waals surface area contributed by atoms with Crippen molar-refractivity contribution >= 4 is 11.0 Å². The molecule has 0 unspecified atom stereocenters. The third-order valence-electron chi connectivity index (χ3n) is 3.92. The first-order valence-electron chi connectivity index (χ1n) is 8.23. The van der Waals surface area contributed by atoms with Gasteiger partial charge in [0, 0.05) is 16.5 Å². The summed E-state index contributed by atoms with van der Waals surface area (Å²) in [6, 6.07) is 6.58. The molecule has 1 aromatic heterocycles. The topological polar surface area (TPSA) is 25.2 Å². The molecule has 0 atom stereocenters. The van der Waals surface area contributed by atoms with Crippen molar-refractivity contribution in [2.45, 2.75) is 65.8 Å². The Morgan fingerprint density at radius 2 is 1.86 bits per heavy atom. The number of furan rings is 1. The van der Waals surface area contributed by atoms with E-state index >= 15 is 0 Å². The number of para-hydroxylation sites is 1. The Morgan fingerprint density at radius 3 is 2.48 bits per heavy atom. The van der Waals surface area contributed by atoms with Crippen molar-refractivity contribution in [3.05, 3.63) is 35.1 Å². The van der Waals surface area contributed by atoms with Crippen LogP contribution in [0.4, 0.5) is 0 Å². The first-order valence-corrected chi connectivity index (χ1v) is 8.23. The molecule has 21 heavy (non-hydrogen) atoms. The van der Waals surface area contributed by atoms with Crippen molar-refractivity contribution in [2.24, 2.45) is 0 Å². The fourth-order valence-corrected chi connectivity index (χ4v) is 2.86. The lowest BCUT2D eigenvalue weighted by atomic mass is 9.85. The fourth-order valence-electron chi connectivity index (χ4n) is 2.86. The summed E-state index contributed by atoms with van der Waals surface area (Å²) in [6.07, 6.45) is 3.38. The Bertz CT molecular complexity index is 589. The average Bonchev–Trinajstić information content (AvgIpc) is 2.77. The van der Waals surface area contributed by atoms with Gasteiger partial charge in [-0.25, -0.2) is 0 Å². The molecule has 0 bridgehead atoms. The van der Waals surface area contributed by atoms with Crippen LogP contribution in [0, 0.1) is 0 Å². The predicted molar refractivity (Wildman–Crippen MR) is 90.9 cm³/mol. The lowest BCUT2D eigenvalue weighted by Crippen LogP contribution is -2.14. The monoisotopic (exact) mass is 287 g/mol. The smallest absolute Gasteiger partial charge is 0.138 e. The second-order valence-electron chi connectivity index (χ2n) is 6.86. The standard InChI is InChI=1S/C19H29NO/c1-6-9-14-15-10-8-11-16(19(3,4)5)18(15)21-17(14)13-20-12-7-2/h8,10-11,20H,6-7,9,12-13H2,1-5H3. The van der Waals surface area contributed by atoms with E-state index in [2.05, 4.69) is 58.1 Å². The highest BCUT2D eigenvalue weighted by atomic mass is 16.3. The Balaban J connectivity index is 2.50. The van der Waals surface area contributed by atoms with Crippen molar-refractivity contribution < 1.29 is 4.42 Å². The SMILES string of the molecule is CCCNCc1oc2c(C(C)(C)C)cccc2c1CCC. The van der Waals surface area contributed by atoms with Gasteiger partial charge in [-0.2, -0.15) is 0 Å². The van der Waals surface area contributed by atoms with E-state index in [9.17, 15) is 0 Å². The molecule has 116 valence electrons. The van der Waals surface area contributed by atoms with E-state index in [-0.39, 0.29) is 5.41 Å². The summed E-state index contributed by atoms with van der Waals surface area (Å²) in [4.78, 5) is 0. The van der Waals surface area contributed by atoms with Gasteiger partial charge in [0.2, 0.25) is 0 Å². The maximum atomic E-state index is 6.29. The Labute approximate surface area is 128 Å². The molecule has 0 aliphatic rings. The van der Waals surface area contributed by atoms with Gasteiger partial charge in [-0.3, -0.25) is 0 Å². The molecule has 0 aliphatic carbocycles. The minimum absolute atomic E-state index is 0.106. The van der Waals surface area contributed by atoms with Gasteiger partial charge in [0.25, 0.3) is 0 Å². The maximum Gasteiger partial charge on any atom is 0.138 e. The molecule has 0 amide bonds. The number of nitrogens with one attached hydrogen (secondary N) is 1. The second-order valence-corrected chi connectivity index (χ2v) is 6.86. The number of hydrogen-bond acceptors (Lipinski definition) is 2. The van der Waals surface area contributed by atoms with Gasteiger partial charge >= 0.3 is 0 Å². The fraction of sp³-hybridized carbons (Fsp3) is 0.579. The summed E-state index contributed by atoms with van der Waals surface area (Å²) >= 11 is 0. The van der Waals surface area contributed by atoms with Gasteiger partial charge in [0.15, 0.2) is 0 Å². The van der Waals surface area contributed by atoms with Crippen LogP contribution < -0.4 is 5.32 Å². The zero-order chi connectivity index (χ0) is 15.5. The molecule has 0 radical (unpaired) electrons. The molecule has 0 aliphatic heterocycles. The lowest BCUT2D eigenvalue weighted by Gasteiger charge is -2.18. The summed E-state index contributed by atoms with van der Waals surface area (Å²) < 4.78 is 6.29. The molecular weight excluding hydrogens is 258 g/mol. The summed E-state index contributed by atoms with van der Waals surface area (Å²) in [5.41, 5.74) is 3.89. The third-order valence-corrected chi connectivity index (χ3v) is 3.92. The van der Waals surface area contributed by atoms with Gasteiger partial charge in [-0.05, 0) is 24.8 Å². The zero-order valence-electron chi connectivity index (χ0n) is 14.2. The summed E-state index contributed by atoms with van der Waals surface area (Å²) in [6.45, 7) is 13.0. The van der Waals surface area contributed by atoms with E-state index in [1.165, 1.54) is 16.5 Å². The van der Waals surface area contributed by atoms with Gasteiger partial charge < -0.3 is 9.73 Å². The van der Waals surface area contributed by atoms with Gasteiger partial charge in [0.1, 0.15) is 11.3 Å². The molecule has 0 spiro atoms. The number of hydrogen-bond donors (Lipinski definition) is 1. The predicted octanol–water partition coefficient (Wildman–Crippen LogP) is 5.18. The van der Waals surface area contributed by atoms with Crippen LogP contribution in [-0.2, 0) is 18.4 Å². The highest BCUT2D eigenvalue weighted by molar-refractivity contribution is 5.86. The Morgan fingerprint density at radius 1 is 1.10 bits per heavy atom. The largest absolute Gasteiger partial charge is 0.459 e. The van der Waals surface area contributed by atoms with Crippen LogP contribution in [0.15, 0.2) is 22.6 Å². The van der Waals surface area contributed by atoms with Crippen molar-refractivity contribution in [1.82, 2.24) is 5.32 Å². The molecule has 0 saturated heterocycles. The number of rotatable bonds is 6. The zero-order valence-corrected chi connectivity index (χ0v) is 14.2. The highest BCUT2D eigenvalue weighted by Gasteiger charge is 2.22. The van der Waals surface area contributed by atoms with Crippen LogP contribution in [0.5, 0.6) is 0 Å². The second kappa shape index (κ2) is 6.65. The van der Waals surface area contributed by atoms with Crippen LogP contribution in [-0.4, -0.2) is 6.54 Å². The lowest BCUT2D eigenvalue weighted by molar-refractivity contribution is 0.495. The van der Waals surface area contributed by atoms with E-state index in [0.717, 1.165) is 43.7 Å². The first kappa shape index (κ1) is 16.1. The number of fused-ring (bicyclic) bond motifs is 1. The van der Waals surface area contributed by atoms with E-state index in [0.29, 0.717) is 0 Å². The normalized spacial score (nSPS) is 12.2. The molecule has 1 N–H and O–H groups in total. The number of aryl methyl sites for hydroxylation is 1. The minimum atomic E-state index is 0.106. The molecule has 2 heteroatoms. The van der Waals surface area contributed by atoms with Crippen LogP contribution >= 0.6 is 0 Å². The third kappa shape index (κ3) is 3.49. The molecule has 2 rings (SSSR count). The molecule has 2 nitrogen and oxygen atoms in total. The van der Waals surface area contributed by atoms with Gasteiger partial charge in [-0.15, -0.1) is 0 Å². The van der Waals surface area contributed by atoms with E-state index in [1.807, 2.05) is 0 Å². The number of benzene rings is 1. The minimum Gasteiger partial charge on any atom is -0.459 e. The highest BCUT2D eigenvalue weighted by Crippen LogP contribution is 2.35. The maximum absolute atomic E-state index is 6.29. The molecular formula is C19H29NO. The molecule has 0 saturated carbocycles. The van der Waals surface area contributed by atoms with Crippen LogP contribution in [0.2, 0.25) is 0 Å². The first-order chi connectivity index (χ1) is 9.99. The molecule has 1 heterocycles. The summed E-state index contributed by atoms with van der Waals surface area (Å²) in [7, 11) is 0. The Kier molecular flexibility index (Phi) is 5.10. The van der Waals surface area contributed by atoms with Crippen LogP contribution in [0.1, 0.15) is 64.3 Å². The average molecular weight is 287 g/mol. The Hall–Kier alpha value is -1.28. The summed E-state index contributed by atoms with van der Waals surface area (Å²) in [5, 5.41) is 4.78. The van der Waals surface area contributed by atoms with E-state index in [1.54, 1.807) is 0 Å². The molecule has 1 aromatic carbocycles. The van der Waals surface area contributed by atoms with E-state index < -0.39 is 0 Å². The van der Waals surface area contributed by atoms with Crippen molar-refractivity contribution in [3.63, 3.8) is 0 Å². The van der Waals surface area contributed by atoms with Crippen molar-refractivity contribution in [1.29, 1.82) is 0 Å². The molecule has 2 aromatic rings.